The Morgan fingerprint density at radius 3 is 2.56 bits per heavy atom. The van der Waals surface area contributed by atoms with E-state index in [2.05, 4.69) is 5.32 Å². The lowest BCUT2D eigenvalue weighted by Crippen LogP contribution is -2.56. The van der Waals surface area contributed by atoms with Crippen molar-refractivity contribution in [2.75, 3.05) is 54.2 Å². The molecule has 0 aromatic heterocycles. The number of amides is 2. The number of halogens is 1. The number of benzene rings is 2. The van der Waals surface area contributed by atoms with Crippen LogP contribution in [0.4, 0.5) is 0 Å². The number of aliphatic hydroxyl groups is 2. The van der Waals surface area contributed by atoms with Crippen LogP contribution in [0.1, 0.15) is 28.8 Å². The summed E-state index contributed by atoms with van der Waals surface area (Å²) in [5.74, 6) is 0.770. The van der Waals surface area contributed by atoms with Gasteiger partial charge < -0.3 is 44.1 Å². The second-order valence-electron chi connectivity index (χ2n) is 10.7. The Morgan fingerprint density at radius 1 is 1.13 bits per heavy atom. The average Bonchev–Trinajstić information content (AvgIpc) is 3.60. The van der Waals surface area contributed by atoms with E-state index in [1.807, 2.05) is 28.7 Å². The summed E-state index contributed by atoms with van der Waals surface area (Å²) in [7, 11) is 4.57. The highest BCUT2D eigenvalue weighted by atomic mass is 127. The van der Waals surface area contributed by atoms with E-state index in [4.69, 9.17) is 23.7 Å². The van der Waals surface area contributed by atoms with Gasteiger partial charge in [0.2, 0.25) is 11.8 Å². The monoisotopic (exact) mass is 738 g/mol. The molecule has 1 aliphatic carbocycles. The highest BCUT2D eigenvalue weighted by molar-refractivity contribution is 14.1. The quantitative estimate of drug-likeness (QED) is 0.194. The van der Waals surface area contributed by atoms with Crippen molar-refractivity contribution >= 4 is 40.7 Å². The van der Waals surface area contributed by atoms with Gasteiger partial charge in [-0.3, -0.25) is 14.4 Å². The predicted molar refractivity (Wildman–Crippen MR) is 172 cm³/mol. The van der Waals surface area contributed by atoms with E-state index in [-0.39, 0.29) is 50.1 Å². The van der Waals surface area contributed by atoms with E-state index in [9.17, 15) is 24.6 Å². The van der Waals surface area contributed by atoms with Gasteiger partial charge in [-0.2, -0.15) is 0 Å². The molecule has 4 rings (SSSR count). The molecule has 1 unspecified atom stereocenters. The van der Waals surface area contributed by atoms with Gasteiger partial charge in [0.25, 0.3) is 0 Å². The van der Waals surface area contributed by atoms with E-state index < -0.39 is 30.1 Å². The van der Waals surface area contributed by atoms with E-state index >= 15 is 0 Å². The summed E-state index contributed by atoms with van der Waals surface area (Å²) in [6.07, 6.45) is 0.877. The third-order valence-corrected chi connectivity index (χ3v) is 8.73. The first-order chi connectivity index (χ1) is 21.7. The maximum Gasteiger partial charge on any atom is 0.247 e. The third kappa shape index (κ3) is 8.26. The Labute approximate surface area is 275 Å². The Balaban J connectivity index is 1.72. The first-order valence-electron chi connectivity index (χ1n) is 14.6. The van der Waals surface area contributed by atoms with E-state index in [0.29, 0.717) is 51.9 Å². The van der Waals surface area contributed by atoms with Gasteiger partial charge in [-0.1, -0.05) is 0 Å². The molecule has 12 nitrogen and oxygen atoms in total. The van der Waals surface area contributed by atoms with Crippen LogP contribution in [0.15, 0.2) is 42.0 Å². The molecular weight excluding hydrogens is 699 g/mol. The van der Waals surface area contributed by atoms with Gasteiger partial charge >= 0.3 is 0 Å². The van der Waals surface area contributed by atoms with Gasteiger partial charge in [-0.25, -0.2) is 0 Å². The van der Waals surface area contributed by atoms with Crippen LogP contribution < -0.4 is 24.3 Å². The molecule has 2 amide bonds. The molecule has 0 radical (unpaired) electrons. The van der Waals surface area contributed by atoms with Crippen LogP contribution in [0.25, 0.3) is 0 Å². The highest BCUT2D eigenvalue weighted by Crippen LogP contribution is 2.37. The maximum absolute atomic E-state index is 14.1. The number of rotatable bonds is 14. The minimum absolute atomic E-state index is 0.0332. The SMILES string of the molecule is COc1ccc(OC)c(CCN(C(=O)C2CCOC2)[C@@H]2CC(C(=O)NCCO)=C[C@H](Oc3c(I)cc(C=O)cc3OC)[C@H]2O)c1. The number of aldehydes is 1. The van der Waals surface area contributed by atoms with Crippen LogP contribution in [0, 0.1) is 9.49 Å². The Morgan fingerprint density at radius 2 is 1.91 bits per heavy atom. The zero-order valence-electron chi connectivity index (χ0n) is 25.5. The summed E-state index contributed by atoms with van der Waals surface area (Å²) in [6.45, 7) is 0.701. The van der Waals surface area contributed by atoms with Crippen molar-refractivity contribution in [3.63, 3.8) is 0 Å². The number of nitrogens with zero attached hydrogens (tertiary/aromatic N) is 1. The van der Waals surface area contributed by atoms with Crippen molar-refractivity contribution in [3.05, 3.63) is 56.7 Å². The molecule has 244 valence electrons. The fourth-order valence-electron chi connectivity index (χ4n) is 5.56. The Kier molecular flexibility index (Phi) is 12.4. The molecule has 2 aromatic rings. The summed E-state index contributed by atoms with van der Waals surface area (Å²) < 4.78 is 28.8. The summed E-state index contributed by atoms with van der Waals surface area (Å²) in [5.41, 5.74) is 1.48. The van der Waals surface area contributed by atoms with Crippen molar-refractivity contribution in [1.82, 2.24) is 10.2 Å². The second kappa shape index (κ2) is 16.2. The molecule has 2 aliphatic rings. The number of hydrogen-bond acceptors (Lipinski definition) is 10. The van der Waals surface area contributed by atoms with Crippen molar-refractivity contribution in [2.45, 2.75) is 37.5 Å². The van der Waals surface area contributed by atoms with Gasteiger partial charge in [0.1, 0.15) is 30.0 Å². The van der Waals surface area contributed by atoms with Crippen molar-refractivity contribution in [2.24, 2.45) is 5.92 Å². The Bertz CT molecular complexity index is 1390. The van der Waals surface area contributed by atoms with Crippen LogP contribution in [0.5, 0.6) is 23.0 Å². The van der Waals surface area contributed by atoms with Crippen LogP contribution in [-0.4, -0.2) is 106 Å². The molecule has 0 saturated carbocycles. The molecule has 1 fully saturated rings. The number of carbonyl (C=O) groups is 3. The number of aliphatic hydroxyl groups excluding tert-OH is 2. The number of carbonyl (C=O) groups excluding carboxylic acids is 3. The van der Waals surface area contributed by atoms with Crippen LogP contribution in [0.2, 0.25) is 0 Å². The maximum atomic E-state index is 14.1. The summed E-state index contributed by atoms with van der Waals surface area (Å²) in [5, 5.41) is 23.8. The molecular formula is C32H39IN2O10. The van der Waals surface area contributed by atoms with Crippen LogP contribution in [0.3, 0.4) is 0 Å². The second-order valence-corrected chi connectivity index (χ2v) is 11.9. The number of ether oxygens (including phenoxy) is 5. The lowest BCUT2D eigenvalue weighted by atomic mass is 9.87. The van der Waals surface area contributed by atoms with E-state index in [1.54, 1.807) is 37.3 Å². The largest absolute Gasteiger partial charge is 0.497 e. The minimum atomic E-state index is -1.25. The van der Waals surface area contributed by atoms with Gasteiger partial charge in [-0.15, -0.1) is 0 Å². The summed E-state index contributed by atoms with van der Waals surface area (Å²) in [6, 6.07) is 7.71. The standard InChI is InChI=1S/C32H39IN2O10/c1-41-23-4-5-26(42-2)20(14-23)6-9-35(32(40)21-7-11-44-18-21)25-15-22(31(39)34-8-10-36)16-27(29(25)38)45-30-24(33)12-19(17-37)13-28(30)43-3/h4-5,12-14,16-17,21,25,27,29,36,38H,6-11,15,18H2,1-3H3,(H,34,39)/t21?,25-,27+,29+/m1/s1. The van der Waals surface area contributed by atoms with Crippen molar-refractivity contribution < 1.29 is 48.3 Å². The Hall–Kier alpha value is -3.40. The molecule has 13 heteroatoms. The molecule has 4 atom stereocenters. The molecule has 0 bridgehead atoms. The summed E-state index contributed by atoms with van der Waals surface area (Å²) >= 11 is 2.01. The first kappa shape index (κ1) is 34.5. The van der Waals surface area contributed by atoms with Crippen molar-refractivity contribution in [3.8, 4) is 23.0 Å². The molecule has 2 aromatic carbocycles. The van der Waals surface area contributed by atoms with Gasteiger partial charge in [0.15, 0.2) is 11.5 Å². The fraction of sp³-hybridized carbons (Fsp3) is 0.469. The molecule has 1 aliphatic heterocycles. The molecule has 45 heavy (non-hydrogen) atoms. The lowest BCUT2D eigenvalue weighted by molar-refractivity contribution is -0.142. The smallest absolute Gasteiger partial charge is 0.247 e. The summed E-state index contributed by atoms with van der Waals surface area (Å²) in [4.78, 5) is 40.3. The van der Waals surface area contributed by atoms with Crippen LogP contribution >= 0.6 is 22.6 Å². The average molecular weight is 739 g/mol. The molecule has 1 saturated heterocycles. The predicted octanol–water partition coefficient (Wildman–Crippen LogP) is 2.15. The first-order valence-corrected chi connectivity index (χ1v) is 15.7. The third-order valence-electron chi connectivity index (χ3n) is 7.93. The molecule has 1 heterocycles. The minimum Gasteiger partial charge on any atom is -0.497 e. The number of nitrogens with one attached hydrogen (secondary N) is 1. The topological polar surface area (TPSA) is 153 Å². The lowest BCUT2D eigenvalue weighted by Gasteiger charge is -2.41. The normalized spacial score (nSPS) is 21.0. The van der Waals surface area contributed by atoms with E-state index in [1.165, 1.54) is 19.3 Å². The molecule has 3 N–H and O–H groups in total. The number of hydrogen-bond donors (Lipinski definition) is 3. The zero-order valence-corrected chi connectivity index (χ0v) is 27.7. The zero-order chi connectivity index (χ0) is 32.5. The van der Waals surface area contributed by atoms with Crippen molar-refractivity contribution in [1.29, 1.82) is 0 Å². The van der Waals surface area contributed by atoms with E-state index in [0.717, 1.165) is 5.56 Å². The van der Waals surface area contributed by atoms with Gasteiger partial charge in [0, 0.05) is 37.3 Å². The van der Waals surface area contributed by atoms with Gasteiger partial charge in [0.05, 0.1) is 50.1 Å². The highest BCUT2D eigenvalue weighted by Gasteiger charge is 2.42. The van der Waals surface area contributed by atoms with Gasteiger partial charge in [-0.05, 0) is 77.4 Å². The fourth-order valence-corrected chi connectivity index (χ4v) is 6.31. The molecule has 0 spiro atoms. The number of methoxy groups -OCH3 is 3. The van der Waals surface area contributed by atoms with Crippen LogP contribution in [-0.2, 0) is 20.7 Å².